The van der Waals surface area contributed by atoms with E-state index in [1.54, 1.807) is 12.1 Å². The Morgan fingerprint density at radius 1 is 0.971 bits per heavy atom. The maximum atomic E-state index is 13.1. The zero-order chi connectivity index (χ0) is 25.1. The lowest BCUT2D eigenvalue weighted by molar-refractivity contribution is -0.143. The van der Waals surface area contributed by atoms with Gasteiger partial charge in [0.1, 0.15) is 6.45 Å². The van der Waals surface area contributed by atoms with Gasteiger partial charge in [0.25, 0.3) is 5.91 Å². The van der Waals surface area contributed by atoms with Crippen LogP contribution in [-0.4, -0.2) is 11.7 Å². The monoisotopic (exact) mass is 613 g/mol. The van der Waals surface area contributed by atoms with E-state index in [0.717, 1.165) is 6.08 Å². The Labute approximate surface area is 204 Å². The van der Waals surface area contributed by atoms with E-state index in [4.69, 9.17) is 4.62 Å². The summed E-state index contributed by atoms with van der Waals surface area (Å²) in [6.45, 7) is 0.0517. The van der Waals surface area contributed by atoms with Crippen molar-refractivity contribution in [2.45, 2.75) is 25.2 Å². The first-order valence-corrected chi connectivity index (χ1v) is 13.6. The van der Waals surface area contributed by atoms with Crippen LogP contribution in [0.25, 0.3) is 12.2 Å². The minimum absolute atomic E-state index is 0.0453. The van der Waals surface area contributed by atoms with E-state index < -0.39 is 35.2 Å². The molecule has 0 saturated heterocycles. The SMILES string of the molecule is O=C(/C=C/c1ccc2c(c1)CC/C(=C\c1cc(C(F)(F)F)cc(C(F)(F)F)c1)C2=O)NOPI. The quantitative estimate of drug-likeness (QED) is 0.131. The molecule has 0 spiro atoms. The molecule has 1 N–H and O–H groups in total. The summed E-state index contributed by atoms with van der Waals surface area (Å²) in [4.78, 5) is 24.4. The maximum absolute atomic E-state index is 13.1. The summed E-state index contributed by atoms with van der Waals surface area (Å²) in [6.07, 6.45) is -5.61. The molecular weight excluding hydrogens is 598 g/mol. The third-order valence-electron chi connectivity index (χ3n) is 4.90. The van der Waals surface area contributed by atoms with Crippen molar-refractivity contribution >= 4 is 52.3 Å². The van der Waals surface area contributed by atoms with Crippen molar-refractivity contribution in [3.8, 4) is 0 Å². The van der Waals surface area contributed by atoms with Crippen LogP contribution in [0.4, 0.5) is 26.3 Å². The topological polar surface area (TPSA) is 55.4 Å². The average molecular weight is 613 g/mol. The first kappa shape index (κ1) is 26.4. The summed E-state index contributed by atoms with van der Waals surface area (Å²) in [5, 5.41) is 0. The fourth-order valence-corrected chi connectivity index (χ4v) is 3.85. The van der Waals surface area contributed by atoms with Crippen molar-refractivity contribution in [3.05, 3.63) is 81.4 Å². The molecule has 0 saturated carbocycles. The smallest absolute Gasteiger partial charge is 0.289 e. The van der Waals surface area contributed by atoms with Crippen molar-refractivity contribution in [1.82, 2.24) is 5.48 Å². The van der Waals surface area contributed by atoms with E-state index in [1.165, 1.54) is 18.2 Å². The summed E-state index contributed by atoms with van der Waals surface area (Å²) in [5.41, 5.74) is 0.680. The average Bonchev–Trinajstić information content (AvgIpc) is 2.76. The second-order valence-corrected chi connectivity index (χ2v) is 8.91. The normalized spacial score (nSPS) is 16.0. The molecule has 0 bridgehead atoms. The maximum Gasteiger partial charge on any atom is 0.416 e. The third-order valence-corrected chi connectivity index (χ3v) is 5.74. The molecular formula is C22H15F6INO3P. The molecule has 2 aromatic carbocycles. The van der Waals surface area contributed by atoms with E-state index >= 15 is 0 Å². The molecule has 1 aliphatic rings. The van der Waals surface area contributed by atoms with Crippen LogP contribution in [0.2, 0.25) is 0 Å². The zero-order valence-electron chi connectivity index (χ0n) is 17.0. The highest BCUT2D eigenvalue weighted by atomic mass is 127. The molecule has 0 fully saturated rings. The van der Waals surface area contributed by atoms with Crippen LogP contribution in [0.15, 0.2) is 48.0 Å². The molecule has 4 nitrogen and oxygen atoms in total. The van der Waals surface area contributed by atoms with Crippen LogP contribution < -0.4 is 5.48 Å². The van der Waals surface area contributed by atoms with Gasteiger partial charge in [0.2, 0.25) is 0 Å². The van der Waals surface area contributed by atoms with Crippen LogP contribution in [0.3, 0.4) is 0 Å². The first-order chi connectivity index (χ1) is 15.9. The second-order valence-electron chi connectivity index (χ2n) is 7.23. The van der Waals surface area contributed by atoms with Crippen molar-refractivity contribution in [2.24, 2.45) is 0 Å². The Bertz CT molecular complexity index is 1140. The molecule has 1 aliphatic carbocycles. The lowest BCUT2D eigenvalue weighted by Gasteiger charge is -2.19. The van der Waals surface area contributed by atoms with Crippen LogP contribution >= 0.6 is 28.5 Å². The summed E-state index contributed by atoms with van der Waals surface area (Å²) in [5.74, 6) is -0.945. The van der Waals surface area contributed by atoms with Crippen LogP contribution in [0.5, 0.6) is 0 Å². The van der Waals surface area contributed by atoms with E-state index in [0.29, 0.717) is 35.2 Å². The van der Waals surface area contributed by atoms with Crippen LogP contribution in [0.1, 0.15) is 44.6 Å². The zero-order valence-corrected chi connectivity index (χ0v) is 20.1. The van der Waals surface area contributed by atoms with Gasteiger partial charge in [0, 0.05) is 17.2 Å². The van der Waals surface area contributed by atoms with Crippen LogP contribution in [-0.2, 0) is 28.2 Å². The molecule has 1 amide bonds. The number of halogens is 7. The second kappa shape index (κ2) is 10.6. The van der Waals surface area contributed by atoms with Gasteiger partial charge in [-0.3, -0.25) is 9.59 Å². The molecule has 3 rings (SSSR count). The van der Waals surface area contributed by atoms with Gasteiger partial charge in [-0.15, -0.1) is 0 Å². The molecule has 34 heavy (non-hydrogen) atoms. The number of hydrogen-bond donors (Lipinski definition) is 1. The van der Waals surface area contributed by atoms with Crippen LogP contribution in [0, 0.1) is 0 Å². The van der Waals surface area contributed by atoms with Gasteiger partial charge in [-0.25, -0.2) is 10.1 Å². The summed E-state index contributed by atoms with van der Waals surface area (Å²) in [6, 6.07) is 6.01. The van der Waals surface area contributed by atoms with E-state index in [9.17, 15) is 35.9 Å². The number of hydroxylamine groups is 1. The number of hydrogen-bond acceptors (Lipinski definition) is 3. The van der Waals surface area contributed by atoms with Gasteiger partial charge in [-0.05, 0) is 81.9 Å². The number of ketones is 1. The Hall–Kier alpha value is -2.24. The number of amides is 1. The summed E-state index contributed by atoms with van der Waals surface area (Å²) < 4.78 is 83.4. The minimum atomic E-state index is -4.97. The molecule has 180 valence electrons. The predicted molar refractivity (Wildman–Crippen MR) is 124 cm³/mol. The Morgan fingerprint density at radius 2 is 1.62 bits per heavy atom. The third kappa shape index (κ3) is 6.67. The van der Waals surface area contributed by atoms with Gasteiger partial charge in [0.15, 0.2) is 5.78 Å². The van der Waals surface area contributed by atoms with Gasteiger partial charge >= 0.3 is 12.4 Å². The number of aryl methyl sites for hydroxylation is 1. The molecule has 0 aliphatic heterocycles. The van der Waals surface area contributed by atoms with Gasteiger partial charge < -0.3 is 0 Å². The van der Waals surface area contributed by atoms with E-state index in [-0.39, 0.29) is 30.1 Å². The number of Topliss-reactive ketones (excluding diaryl/α,β-unsaturated/α-hetero) is 1. The van der Waals surface area contributed by atoms with Crippen molar-refractivity contribution in [1.29, 1.82) is 0 Å². The highest BCUT2D eigenvalue weighted by Crippen LogP contribution is 2.37. The lowest BCUT2D eigenvalue weighted by atomic mass is 9.85. The van der Waals surface area contributed by atoms with E-state index in [2.05, 4.69) is 5.48 Å². The predicted octanol–water partition coefficient (Wildman–Crippen LogP) is 6.94. The number of nitrogens with one attached hydrogen (secondary N) is 1. The summed E-state index contributed by atoms with van der Waals surface area (Å²) >= 11 is 1.93. The highest BCUT2D eigenvalue weighted by molar-refractivity contribution is 14.2. The number of alkyl halides is 6. The number of benzene rings is 2. The standard InChI is InChI=1S/C22H15F6INO3P/c23-21(24,25)16-9-13(10-17(11-16)22(26,27)28)8-15-4-3-14-7-12(1-5-18(14)20(15)32)2-6-19(31)30-33-34-29/h1-2,5-11,34H,3-4H2,(H,30,31)/b6-2+,15-8+. The molecule has 1 atom stereocenters. The number of fused-ring (bicyclic) bond motifs is 1. The fourth-order valence-electron chi connectivity index (χ4n) is 3.38. The van der Waals surface area contributed by atoms with Gasteiger partial charge in [-0.2, -0.15) is 26.3 Å². The molecule has 12 heteroatoms. The van der Waals surface area contributed by atoms with E-state index in [1.807, 2.05) is 22.0 Å². The number of rotatable bonds is 5. The largest absolute Gasteiger partial charge is 0.416 e. The molecule has 0 heterocycles. The summed E-state index contributed by atoms with van der Waals surface area (Å²) in [7, 11) is 0. The Kier molecular flexibility index (Phi) is 8.20. The molecule has 2 aromatic rings. The number of carbonyl (C=O) groups excluding carboxylic acids is 2. The first-order valence-electron chi connectivity index (χ1n) is 9.55. The van der Waals surface area contributed by atoms with Crippen molar-refractivity contribution in [3.63, 3.8) is 0 Å². The Morgan fingerprint density at radius 3 is 2.21 bits per heavy atom. The molecule has 0 radical (unpaired) electrons. The minimum Gasteiger partial charge on any atom is -0.289 e. The van der Waals surface area contributed by atoms with Gasteiger partial charge in [0.05, 0.1) is 11.1 Å². The lowest BCUT2D eigenvalue weighted by Crippen LogP contribution is -2.16. The Balaban J connectivity index is 1.89. The van der Waals surface area contributed by atoms with Crippen molar-refractivity contribution in [2.75, 3.05) is 0 Å². The fraction of sp³-hybridized carbons (Fsp3) is 0.182. The number of carbonyl (C=O) groups is 2. The molecule has 0 aromatic heterocycles. The number of allylic oxidation sites excluding steroid dienone is 1. The molecule has 1 unspecified atom stereocenters. The highest BCUT2D eigenvalue weighted by Gasteiger charge is 2.37. The van der Waals surface area contributed by atoms with Crippen molar-refractivity contribution < 1.29 is 40.6 Å². The van der Waals surface area contributed by atoms with Gasteiger partial charge in [-0.1, -0.05) is 18.2 Å².